The maximum absolute atomic E-state index is 14.2. The molecule has 0 bridgehead atoms. The number of hydrogen-bond acceptors (Lipinski definition) is 6. The van der Waals surface area contributed by atoms with E-state index in [1.165, 1.54) is 6.07 Å². The van der Waals surface area contributed by atoms with Crippen molar-refractivity contribution in [3.63, 3.8) is 0 Å². The minimum Gasteiger partial charge on any atom is -0.355 e. The first-order chi connectivity index (χ1) is 16.8. The first-order valence-electron chi connectivity index (χ1n) is 11.7. The molecule has 10 heteroatoms. The van der Waals surface area contributed by atoms with Gasteiger partial charge in [-0.15, -0.1) is 0 Å². The number of fused-ring (bicyclic) bond motifs is 1. The van der Waals surface area contributed by atoms with E-state index in [1.54, 1.807) is 22.7 Å². The van der Waals surface area contributed by atoms with Crippen molar-refractivity contribution in [3.8, 4) is 11.3 Å². The van der Waals surface area contributed by atoms with Crippen LogP contribution in [0, 0.1) is 17.6 Å². The van der Waals surface area contributed by atoms with Gasteiger partial charge >= 0.3 is 0 Å². The summed E-state index contributed by atoms with van der Waals surface area (Å²) in [5.74, 6) is -1.43. The van der Waals surface area contributed by atoms with Gasteiger partial charge in [0.25, 0.3) is 0 Å². The molecule has 5 rings (SSSR count). The number of benzene rings is 1. The maximum atomic E-state index is 14.2. The molecule has 2 aromatic heterocycles. The molecular weight excluding hydrogens is 454 g/mol. The van der Waals surface area contributed by atoms with Gasteiger partial charge in [-0.3, -0.25) is 14.3 Å². The zero-order valence-corrected chi connectivity index (χ0v) is 19.7. The Labute approximate surface area is 201 Å². The van der Waals surface area contributed by atoms with E-state index in [-0.39, 0.29) is 23.2 Å². The van der Waals surface area contributed by atoms with Crippen LogP contribution < -0.4 is 4.90 Å². The first kappa shape index (κ1) is 23.1. The predicted molar refractivity (Wildman–Crippen MR) is 125 cm³/mol. The Hall–Kier alpha value is -3.69. The number of aromatic nitrogens is 4. The van der Waals surface area contributed by atoms with Gasteiger partial charge in [-0.2, -0.15) is 5.10 Å². The Balaban J connectivity index is 1.41. The van der Waals surface area contributed by atoms with Gasteiger partial charge in [-0.25, -0.2) is 18.7 Å². The number of ketones is 1. The Morgan fingerprint density at radius 2 is 1.83 bits per heavy atom. The maximum Gasteiger partial charge on any atom is 0.219 e. The molecule has 1 fully saturated rings. The van der Waals surface area contributed by atoms with Crippen LogP contribution in [0.15, 0.2) is 30.6 Å². The first-order valence-corrected chi connectivity index (χ1v) is 11.7. The summed E-state index contributed by atoms with van der Waals surface area (Å²) in [7, 11) is 1.83. The van der Waals surface area contributed by atoms with E-state index in [2.05, 4.69) is 10.00 Å². The molecule has 0 saturated carbocycles. The number of hydrogen-bond donors (Lipinski definition) is 0. The summed E-state index contributed by atoms with van der Waals surface area (Å²) in [6.07, 6.45) is 5.29. The highest BCUT2D eigenvalue weighted by molar-refractivity contribution is 5.98. The highest BCUT2D eigenvalue weighted by atomic mass is 19.1. The third kappa shape index (κ3) is 4.52. The van der Waals surface area contributed by atoms with E-state index in [4.69, 9.17) is 9.97 Å². The number of nitrogens with zero attached hydrogens (tertiary/aromatic N) is 6. The summed E-state index contributed by atoms with van der Waals surface area (Å²) in [4.78, 5) is 38.5. The van der Waals surface area contributed by atoms with Crippen LogP contribution in [0.25, 0.3) is 11.3 Å². The quantitative estimate of drug-likeness (QED) is 0.534. The molecular formula is C25H26F2N6O2. The highest BCUT2D eigenvalue weighted by Gasteiger charge is 2.31. The number of carbonyl (C=O) groups is 2. The van der Waals surface area contributed by atoms with Crippen molar-refractivity contribution in [2.45, 2.75) is 32.7 Å². The Morgan fingerprint density at radius 1 is 1.06 bits per heavy atom. The van der Waals surface area contributed by atoms with Crippen molar-refractivity contribution < 1.29 is 18.4 Å². The standard InChI is InChI=1S/C25H26F2N6O2/c1-15(34)33-10-7-21-22(14-33)29-23(17-12-28-31(2)13-17)25(30-21)32-8-5-16(6-9-32)24(35)19-4-3-18(26)11-20(19)27/h3-4,11-13,16H,5-10,14H2,1-2H3. The lowest BCUT2D eigenvalue weighted by Crippen LogP contribution is -2.39. The molecule has 4 heterocycles. The molecule has 1 aromatic carbocycles. The second-order valence-electron chi connectivity index (χ2n) is 9.13. The molecule has 0 spiro atoms. The number of rotatable bonds is 4. The number of Topliss-reactive ketones (excluding diaryl/α,β-unsaturated/α-hetero) is 1. The van der Waals surface area contributed by atoms with E-state index >= 15 is 0 Å². The van der Waals surface area contributed by atoms with Gasteiger partial charge < -0.3 is 9.80 Å². The molecule has 8 nitrogen and oxygen atoms in total. The Kier molecular flexibility index (Phi) is 6.04. The van der Waals surface area contributed by atoms with Crippen molar-refractivity contribution in [1.82, 2.24) is 24.6 Å². The molecule has 0 aliphatic carbocycles. The van der Waals surface area contributed by atoms with Crippen molar-refractivity contribution in [3.05, 3.63) is 59.2 Å². The smallest absolute Gasteiger partial charge is 0.219 e. The summed E-state index contributed by atoms with van der Waals surface area (Å²) >= 11 is 0. The van der Waals surface area contributed by atoms with E-state index in [9.17, 15) is 18.4 Å². The summed E-state index contributed by atoms with van der Waals surface area (Å²) < 4.78 is 29.1. The lowest BCUT2D eigenvalue weighted by Gasteiger charge is -2.34. The van der Waals surface area contributed by atoms with E-state index in [0.717, 1.165) is 34.9 Å². The van der Waals surface area contributed by atoms with Gasteiger partial charge in [0.05, 0.1) is 29.7 Å². The van der Waals surface area contributed by atoms with Crippen molar-refractivity contribution >= 4 is 17.5 Å². The molecule has 2 aliphatic rings. The van der Waals surface area contributed by atoms with Gasteiger partial charge in [0.2, 0.25) is 5.91 Å². The minimum atomic E-state index is -0.823. The van der Waals surface area contributed by atoms with Crippen molar-refractivity contribution in [2.24, 2.45) is 13.0 Å². The topological polar surface area (TPSA) is 84.2 Å². The largest absolute Gasteiger partial charge is 0.355 e. The summed E-state index contributed by atoms with van der Waals surface area (Å²) in [5, 5.41) is 4.28. The molecule has 182 valence electrons. The fourth-order valence-electron chi connectivity index (χ4n) is 4.81. The summed E-state index contributed by atoms with van der Waals surface area (Å²) in [6, 6.07) is 3.08. The van der Waals surface area contributed by atoms with Gasteiger partial charge in [-0.1, -0.05) is 0 Å². The van der Waals surface area contributed by atoms with Crippen LogP contribution in [0.4, 0.5) is 14.6 Å². The molecule has 1 amide bonds. The normalized spacial score (nSPS) is 16.3. The summed E-state index contributed by atoms with van der Waals surface area (Å²) in [5.41, 5.74) is 3.10. The third-order valence-electron chi connectivity index (χ3n) is 6.78. The zero-order chi connectivity index (χ0) is 24.7. The fraction of sp³-hybridized carbons (Fsp3) is 0.400. The lowest BCUT2D eigenvalue weighted by atomic mass is 9.88. The molecule has 3 aromatic rings. The second kappa shape index (κ2) is 9.16. The number of amides is 1. The molecule has 0 unspecified atom stereocenters. The number of aryl methyl sites for hydroxylation is 1. The van der Waals surface area contributed by atoms with Crippen LogP contribution in [0.1, 0.15) is 41.5 Å². The minimum absolute atomic E-state index is 0.00813. The number of anilines is 1. The van der Waals surface area contributed by atoms with E-state index < -0.39 is 11.6 Å². The third-order valence-corrected chi connectivity index (χ3v) is 6.78. The molecule has 0 atom stereocenters. The monoisotopic (exact) mass is 480 g/mol. The Morgan fingerprint density at radius 3 is 2.49 bits per heavy atom. The average molecular weight is 481 g/mol. The van der Waals surface area contributed by atoms with Crippen LogP contribution in [-0.2, 0) is 24.8 Å². The van der Waals surface area contributed by atoms with Crippen molar-refractivity contribution in [2.75, 3.05) is 24.5 Å². The zero-order valence-electron chi connectivity index (χ0n) is 19.7. The molecule has 1 saturated heterocycles. The predicted octanol–water partition coefficient (Wildman–Crippen LogP) is 3.16. The van der Waals surface area contributed by atoms with Crippen LogP contribution in [0.2, 0.25) is 0 Å². The van der Waals surface area contributed by atoms with E-state index in [0.29, 0.717) is 51.1 Å². The van der Waals surface area contributed by atoms with E-state index in [1.807, 2.05) is 13.2 Å². The number of carbonyl (C=O) groups excluding carboxylic acids is 2. The fourth-order valence-corrected chi connectivity index (χ4v) is 4.81. The SMILES string of the molecule is CC(=O)N1CCc2nc(N3CCC(C(=O)c4ccc(F)cc4F)CC3)c(-c3cnn(C)c3)nc2C1. The molecule has 0 N–H and O–H groups in total. The molecule has 0 radical (unpaired) electrons. The van der Waals surface area contributed by atoms with Gasteiger partial charge in [-0.05, 0) is 25.0 Å². The van der Waals surface area contributed by atoms with Crippen LogP contribution >= 0.6 is 0 Å². The lowest BCUT2D eigenvalue weighted by molar-refractivity contribution is -0.129. The van der Waals surface area contributed by atoms with Crippen molar-refractivity contribution in [1.29, 1.82) is 0 Å². The number of halogens is 2. The van der Waals surface area contributed by atoms with Crippen LogP contribution in [0.3, 0.4) is 0 Å². The van der Waals surface area contributed by atoms with Crippen LogP contribution in [0.5, 0.6) is 0 Å². The average Bonchev–Trinajstić information content (AvgIpc) is 3.28. The molecule has 35 heavy (non-hydrogen) atoms. The van der Waals surface area contributed by atoms with Gasteiger partial charge in [0, 0.05) is 63.8 Å². The molecule has 2 aliphatic heterocycles. The van der Waals surface area contributed by atoms with Gasteiger partial charge in [0.1, 0.15) is 17.3 Å². The highest BCUT2D eigenvalue weighted by Crippen LogP contribution is 2.33. The number of piperidine rings is 1. The summed E-state index contributed by atoms with van der Waals surface area (Å²) in [6.45, 7) is 3.69. The second-order valence-corrected chi connectivity index (χ2v) is 9.13. The Bertz CT molecular complexity index is 1300. The van der Waals surface area contributed by atoms with Crippen LogP contribution in [-0.4, -0.2) is 56.0 Å². The van der Waals surface area contributed by atoms with Gasteiger partial charge in [0.15, 0.2) is 11.6 Å².